The summed E-state index contributed by atoms with van der Waals surface area (Å²) in [5.74, 6) is 1.98. The van der Waals surface area contributed by atoms with Crippen molar-refractivity contribution in [3.8, 4) is 0 Å². The minimum Gasteiger partial charge on any atom is -0.393 e. The van der Waals surface area contributed by atoms with Crippen LogP contribution in [-0.2, 0) is 16.1 Å². The highest BCUT2D eigenvalue weighted by Crippen LogP contribution is 2.65. The molecule has 3 fully saturated rings. The number of hydrogen-bond acceptors (Lipinski definition) is 4. The molecule has 0 bridgehead atoms. The number of hydrogen-bond donors (Lipinski definition) is 3. The van der Waals surface area contributed by atoms with Gasteiger partial charge in [0.05, 0.1) is 11.8 Å². The summed E-state index contributed by atoms with van der Waals surface area (Å²) in [5, 5.41) is 19.2. The van der Waals surface area contributed by atoms with Crippen LogP contribution in [0.15, 0.2) is 47.1 Å². The van der Waals surface area contributed by atoms with Crippen LogP contribution in [0.5, 0.6) is 0 Å². The lowest BCUT2D eigenvalue weighted by molar-refractivity contribution is -0.125. The zero-order chi connectivity index (χ0) is 25.6. The number of aliphatic hydroxyl groups excluding tert-OH is 1. The van der Waals surface area contributed by atoms with E-state index in [2.05, 4.69) is 53.6 Å². The van der Waals surface area contributed by atoms with Crippen molar-refractivity contribution < 1.29 is 14.7 Å². The van der Waals surface area contributed by atoms with Gasteiger partial charge >= 0.3 is 0 Å². The Hall–Kier alpha value is -2.60. The van der Waals surface area contributed by atoms with E-state index in [9.17, 15) is 9.90 Å². The third-order valence-corrected chi connectivity index (χ3v) is 10.6. The summed E-state index contributed by atoms with van der Waals surface area (Å²) >= 11 is 0. The van der Waals surface area contributed by atoms with E-state index in [1.54, 1.807) is 0 Å². The van der Waals surface area contributed by atoms with Crippen LogP contribution in [0.25, 0.3) is 10.9 Å². The first kappa shape index (κ1) is 24.7. The Bertz CT molecular complexity index is 1200. The number of para-hydroxylation sites is 1. The molecule has 1 amide bonds. The predicted octanol–water partition coefficient (Wildman–Crippen LogP) is 5.52. The van der Waals surface area contributed by atoms with Crippen molar-refractivity contribution >= 4 is 22.5 Å². The second-order valence-electron chi connectivity index (χ2n) is 12.5. The molecule has 198 valence electrons. The molecule has 0 radical (unpaired) electrons. The van der Waals surface area contributed by atoms with Gasteiger partial charge in [0.25, 0.3) is 5.91 Å². The number of rotatable bonds is 6. The first-order valence-electron chi connectivity index (χ1n) is 14.3. The average molecular weight is 504 g/mol. The SMILES string of the molecule is C[C@]12CC[C@H]3[C@@H](CCC4=C/C(=N\OCC(=O)NCCc5cc6ccccc6[nH]5)CC[C@@]43C)[C@@H]1CC[C@H]2O. The maximum absolute atomic E-state index is 12.3. The van der Waals surface area contributed by atoms with Crippen LogP contribution in [0.4, 0.5) is 0 Å². The van der Waals surface area contributed by atoms with Crippen LogP contribution in [0, 0.1) is 28.6 Å². The van der Waals surface area contributed by atoms with E-state index < -0.39 is 0 Å². The van der Waals surface area contributed by atoms with E-state index in [-0.39, 0.29) is 29.4 Å². The Morgan fingerprint density at radius 3 is 2.86 bits per heavy atom. The summed E-state index contributed by atoms with van der Waals surface area (Å²) in [5.41, 5.74) is 5.08. The van der Waals surface area contributed by atoms with Crippen molar-refractivity contribution in [2.24, 2.45) is 33.7 Å². The molecule has 4 aliphatic rings. The zero-order valence-electron chi connectivity index (χ0n) is 22.3. The molecule has 1 aromatic heterocycles. The maximum Gasteiger partial charge on any atom is 0.260 e. The van der Waals surface area contributed by atoms with E-state index >= 15 is 0 Å². The highest BCUT2D eigenvalue weighted by atomic mass is 16.6. The number of benzene rings is 1. The number of carbonyl (C=O) groups excluding carboxylic acids is 1. The molecule has 37 heavy (non-hydrogen) atoms. The number of H-pyrrole nitrogens is 1. The lowest BCUT2D eigenvalue weighted by atomic mass is 9.47. The summed E-state index contributed by atoms with van der Waals surface area (Å²) in [6, 6.07) is 10.3. The molecule has 1 aromatic carbocycles. The number of aromatic amines is 1. The fraction of sp³-hybridized carbons (Fsp3) is 0.613. The number of fused-ring (bicyclic) bond motifs is 6. The van der Waals surface area contributed by atoms with Crippen LogP contribution in [0.1, 0.15) is 70.9 Å². The summed E-state index contributed by atoms with van der Waals surface area (Å²) in [7, 11) is 0. The maximum atomic E-state index is 12.3. The zero-order valence-corrected chi connectivity index (χ0v) is 22.3. The van der Waals surface area contributed by atoms with Gasteiger partial charge < -0.3 is 20.2 Å². The third-order valence-electron chi connectivity index (χ3n) is 10.6. The van der Waals surface area contributed by atoms with Crippen molar-refractivity contribution in [1.29, 1.82) is 0 Å². The number of aromatic nitrogens is 1. The largest absolute Gasteiger partial charge is 0.393 e. The lowest BCUT2D eigenvalue weighted by Gasteiger charge is -2.57. The van der Waals surface area contributed by atoms with Gasteiger partial charge in [-0.25, -0.2) is 0 Å². The number of allylic oxidation sites excluding steroid dienone is 2. The van der Waals surface area contributed by atoms with Crippen molar-refractivity contribution in [2.75, 3.05) is 13.2 Å². The number of nitrogens with one attached hydrogen (secondary N) is 2. The van der Waals surface area contributed by atoms with Crippen molar-refractivity contribution in [2.45, 2.75) is 77.7 Å². The molecular formula is C31H41N3O3. The smallest absolute Gasteiger partial charge is 0.260 e. The normalized spacial score (nSPS) is 36.0. The number of carbonyl (C=O) groups is 1. The molecule has 6 nitrogen and oxygen atoms in total. The molecule has 6 rings (SSSR count). The molecule has 0 unspecified atom stereocenters. The highest BCUT2D eigenvalue weighted by molar-refractivity contribution is 5.96. The molecule has 4 aliphatic carbocycles. The summed E-state index contributed by atoms with van der Waals surface area (Å²) in [4.78, 5) is 21.1. The Balaban J connectivity index is 1.01. The van der Waals surface area contributed by atoms with E-state index in [0.29, 0.717) is 18.4 Å². The summed E-state index contributed by atoms with van der Waals surface area (Å²) < 4.78 is 0. The number of oxime groups is 1. The Kier molecular flexibility index (Phi) is 6.42. The third kappa shape index (κ3) is 4.41. The Labute approximate surface area is 219 Å². The second-order valence-corrected chi connectivity index (χ2v) is 12.5. The predicted molar refractivity (Wildman–Crippen MR) is 146 cm³/mol. The topological polar surface area (TPSA) is 86.7 Å². The molecular weight excluding hydrogens is 462 g/mol. The van der Waals surface area contributed by atoms with Gasteiger partial charge in [-0.3, -0.25) is 4.79 Å². The quantitative estimate of drug-likeness (QED) is 0.454. The lowest BCUT2D eigenvalue weighted by Crippen LogP contribution is -2.51. The molecule has 1 heterocycles. The monoisotopic (exact) mass is 503 g/mol. The molecule has 6 heteroatoms. The molecule has 6 atom stereocenters. The molecule has 0 saturated heterocycles. The van der Waals surface area contributed by atoms with Gasteiger partial charge in [0.2, 0.25) is 0 Å². The van der Waals surface area contributed by atoms with Gasteiger partial charge in [-0.1, -0.05) is 42.8 Å². The van der Waals surface area contributed by atoms with Crippen LogP contribution in [-0.4, -0.2) is 41.0 Å². The van der Waals surface area contributed by atoms with E-state index in [1.807, 2.05) is 12.1 Å². The summed E-state index contributed by atoms with van der Waals surface area (Å²) in [6.07, 6.45) is 11.8. The van der Waals surface area contributed by atoms with Crippen molar-refractivity contribution in [1.82, 2.24) is 10.3 Å². The van der Waals surface area contributed by atoms with E-state index in [4.69, 9.17) is 4.84 Å². The van der Waals surface area contributed by atoms with Gasteiger partial charge in [0.1, 0.15) is 0 Å². The summed E-state index contributed by atoms with van der Waals surface area (Å²) in [6.45, 7) is 5.33. The number of aliphatic hydroxyl groups is 1. The number of amides is 1. The number of nitrogens with zero attached hydrogens (tertiary/aromatic N) is 1. The van der Waals surface area contributed by atoms with Crippen LogP contribution in [0.2, 0.25) is 0 Å². The van der Waals surface area contributed by atoms with Gasteiger partial charge in [0, 0.05) is 24.2 Å². The first-order valence-corrected chi connectivity index (χ1v) is 14.3. The molecule has 3 saturated carbocycles. The van der Waals surface area contributed by atoms with Crippen LogP contribution < -0.4 is 5.32 Å². The fourth-order valence-electron chi connectivity index (χ4n) is 8.45. The minimum atomic E-state index is -0.140. The molecule has 0 spiro atoms. The molecule has 3 N–H and O–H groups in total. The van der Waals surface area contributed by atoms with Gasteiger partial charge in [0.15, 0.2) is 6.61 Å². The van der Waals surface area contributed by atoms with Gasteiger partial charge in [-0.15, -0.1) is 0 Å². The highest BCUT2D eigenvalue weighted by Gasteiger charge is 2.58. The van der Waals surface area contributed by atoms with Crippen LogP contribution >= 0.6 is 0 Å². The van der Waals surface area contributed by atoms with Crippen molar-refractivity contribution in [3.05, 3.63) is 47.7 Å². The van der Waals surface area contributed by atoms with Crippen molar-refractivity contribution in [3.63, 3.8) is 0 Å². The molecule has 0 aliphatic heterocycles. The van der Waals surface area contributed by atoms with Gasteiger partial charge in [-0.05, 0) is 104 Å². The fourth-order valence-corrected chi connectivity index (χ4v) is 8.45. The minimum absolute atomic E-state index is 0.0517. The standard InChI is InChI=1S/C31H41N3O3/c1-30-14-11-23(18-21(30)7-8-24-25-9-10-28(35)31(25,2)15-12-26(24)30)34-37-19-29(36)32-16-13-22-17-20-5-3-4-6-27(20)33-22/h3-6,17-18,24-26,28,33,35H,7-16,19H2,1-2H3,(H,32,36)/b34-23-/t24-,25-,26-,28+,30-,31-/m0/s1. The van der Waals surface area contributed by atoms with Gasteiger partial charge in [-0.2, -0.15) is 0 Å². The second kappa shape index (κ2) is 9.61. The Morgan fingerprint density at radius 1 is 1.14 bits per heavy atom. The van der Waals surface area contributed by atoms with E-state index in [0.717, 1.165) is 61.4 Å². The van der Waals surface area contributed by atoms with E-state index in [1.165, 1.54) is 30.2 Å². The molecule has 2 aromatic rings. The Morgan fingerprint density at radius 2 is 2.00 bits per heavy atom. The van der Waals surface area contributed by atoms with Crippen LogP contribution in [0.3, 0.4) is 0 Å². The average Bonchev–Trinajstić information content (AvgIpc) is 3.44. The first-order chi connectivity index (χ1) is 17.9.